The van der Waals surface area contributed by atoms with Crippen LogP contribution in [-0.2, 0) is 16.0 Å². The van der Waals surface area contributed by atoms with Crippen molar-refractivity contribution in [1.29, 1.82) is 0 Å². The summed E-state index contributed by atoms with van der Waals surface area (Å²) in [6, 6.07) is 2.05. The Morgan fingerprint density at radius 2 is 1.96 bits per heavy atom. The fraction of sp³-hybridized carbons (Fsp3) is 0.722. The third-order valence-corrected chi connectivity index (χ3v) is 5.65. The normalized spacial score (nSPS) is 27.3. The number of hydrogen-bond donors (Lipinski definition) is 0. The van der Waals surface area contributed by atoms with Crippen LogP contribution in [-0.4, -0.2) is 60.6 Å². The Labute approximate surface area is 143 Å². The topological polar surface area (TPSA) is 32.8 Å². The molecule has 0 aliphatic carbocycles. The van der Waals surface area contributed by atoms with Crippen LogP contribution in [0, 0.1) is 5.92 Å². The lowest BCUT2D eigenvalue weighted by Gasteiger charge is -2.39. The number of carbonyl (C=O) groups excluding carboxylic acids is 1. The molecule has 2 aliphatic rings. The largest absolute Gasteiger partial charge is 0.373 e. The zero-order valence-corrected chi connectivity index (χ0v) is 15.1. The number of likely N-dealkylation sites (tertiary alicyclic amines) is 1. The Bertz CT molecular complexity index is 487. The molecular formula is C18H28N2O2S. The second-order valence-corrected chi connectivity index (χ2v) is 7.89. The third-order valence-electron chi connectivity index (χ3n) is 4.91. The van der Waals surface area contributed by atoms with Gasteiger partial charge in [-0.2, -0.15) is 11.3 Å². The number of piperidine rings is 1. The molecule has 1 aromatic rings. The van der Waals surface area contributed by atoms with Crippen molar-refractivity contribution >= 4 is 17.2 Å². The van der Waals surface area contributed by atoms with Crippen LogP contribution in [0.4, 0.5) is 0 Å². The molecule has 0 saturated carbocycles. The Morgan fingerprint density at radius 1 is 1.26 bits per heavy atom. The molecule has 128 valence electrons. The molecule has 1 aromatic heterocycles. The minimum absolute atomic E-state index is 0.287. The van der Waals surface area contributed by atoms with Gasteiger partial charge in [-0.3, -0.25) is 9.69 Å². The summed E-state index contributed by atoms with van der Waals surface area (Å²) < 4.78 is 5.81. The van der Waals surface area contributed by atoms with Crippen molar-refractivity contribution in [1.82, 2.24) is 9.80 Å². The van der Waals surface area contributed by atoms with Gasteiger partial charge in [-0.05, 0) is 55.0 Å². The van der Waals surface area contributed by atoms with E-state index in [4.69, 9.17) is 4.74 Å². The first-order valence-corrected chi connectivity index (χ1v) is 9.71. The molecule has 23 heavy (non-hydrogen) atoms. The summed E-state index contributed by atoms with van der Waals surface area (Å²) in [5.74, 6) is 1.01. The lowest BCUT2D eigenvalue weighted by Crippen LogP contribution is -2.48. The van der Waals surface area contributed by atoms with Gasteiger partial charge in [0.05, 0.1) is 18.6 Å². The highest BCUT2D eigenvalue weighted by Gasteiger charge is 2.27. The monoisotopic (exact) mass is 336 g/mol. The highest BCUT2D eigenvalue weighted by molar-refractivity contribution is 7.07. The first kappa shape index (κ1) is 16.9. The molecule has 0 N–H and O–H groups in total. The quantitative estimate of drug-likeness (QED) is 0.847. The van der Waals surface area contributed by atoms with E-state index in [0.29, 0.717) is 18.6 Å². The van der Waals surface area contributed by atoms with Crippen molar-refractivity contribution in [3.05, 3.63) is 22.4 Å². The van der Waals surface area contributed by atoms with E-state index in [1.165, 1.54) is 0 Å². The third kappa shape index (κ3) is 4.78. The zero-order valence-electron chi connectivity index (χ0n) is 14.2. The molecule has 0 radical (unpaired) electrons. The smallest absolute Gasteiger partial charge is 0.227 e. The maximum Gasteiger partial charge on any atom is 0.227 e. The Kier molecular flexibility index (Phi) is 5.72. The van der Waals surface area contributed by atoms with Crippen molar-refractivity contribution in [2.24, 2.45) is 5.92 Å². The van der Waals surface area contributed by atoms with Gasteiger partial charge in [0.25, 0.3) is 0 Å². The molecule has 3 heterocycles. The number of thiophene rings is 1. The predicted octanol–water partition coefficient (Wildman–Crippen LogP) is 2.64. The number of rotatable bonds is 4. The second kappa shape index (κ2) is 7.77. The van der Waals surface area contributed by atoms with Gasteiger partial charge in [0.15, 0.2) is 0 Å². The van der Waals surface area contributed by atoms with Gasteiger partial charge in [-0.25, -0.2) is 0 Å². The molecule has 2 fully saturated rings. The van der Waals surface area contributed by atoms with E-state index in [9.17, 15) is 4.79 Å². The molecule has 1 amide bonds. The summed E-state index contributed by atoms with van der Waals surface area (Å²) in [6.45, 7) is 9.41. The number of nitrogens with zero attached hydrogens (tertiary/aromatic N) is 2. The van der Waals surface area contributed by atoms with Gasteiger partial charge in [-0.15, -0.1) is 0 Å². The molecular weight excluding hydrogens is 308 g/mol. The fourth-order valence-electron chi connectivity index (χ4n) is 3.84. The lowest BCUT2D eigenvalue weighted by molar-refractivity contribution is -0.132. The molecule has 0 unspecified atom stereocenters. The van der Waals surface area contributed by atoms with Crippen molar-refractivity contribution in [2.45, 2.75) is 45.3 Å². The standard InChI is InChI=1S/C18H28N2O2S/c1-14-10-19(11-15(2)22-14)12-16-3-6-20(7-4-16)18(21)9-17-5-8-23-13-17/h5,8,13-16H,3-4,6-7,9-12H2,1-2H3/t14-,15+. The zero-order chi connectivity index (χ0) is 16.2. The molecule has 3 rings (SSSR count). The molecule has 2 atom stereocenters. The van der Waals surface area contributed by atoms with Crippen LogP contribution in [0.3, 0.4) is 0 Å². The molecule has 4 nitrogen and oxygen atoms in total. The summed E-state index contributed by atoms with van der Waals surface area (Å²) in [7, 11) is 0. The summed E-state index contributed by atoms with van der Waals surface area (Å²) in [6.07, 6.45) is 3.51. The summed E-state index contributed by atoms with van der Waals surface area (Å²) in [5, 5.41) is 4.12. The predicted molar refractivity (Wildman–Crippen MR) is 93.8 cm³/mol. The van der Waals surface area contributed by atoms with Crippen LogP contribution in [0.1, 0.15) is 32.3 Å². The summed E-state index contributed by atoms with van der Waals surface area (Å²) in [5.41, 5.74) is 1.15. The summed E-state index contributed by atoms with van der Waals surface area (Å²) >= 11 is 1.66. The Balaban J connectivity index is 1.42. The van der Waals surface area contributed by atoms with E-state index in [2.05, 4.69) is 35.1 Å². The van der Waals surface area contributed by atoms with E-state index in [1.54, 1.807) is 11.3 Å². The van der Waals surface area contributed by atoms with E-state index < -0.39 is 0 Å². The van der Waals surface area contributed by atoms with Crippen molar-refractivity contribution in [3.8, 4) is 0 Å². The first-order valence-electron chi connectivity index (χ1n) is 8.77. The van der Waals surface area contributed by atoms with Crippen LogP contribution in [0.5, 0.6) is 0 Å². The van der Waals surface area contributed by atoms with Crippen LogP contribution in [0.2, 0.25) is 0 Å². The van der Waals surface area contributed by atoms with E-state index >= 15 is 0 Å². The summed E-state index contributed by atoms with van der Waals surface area (Å²) in [4.78, 5) is 17.0. The van der Waals surface area contributed by atoms with E-state index in [-0.39, 0.29) is 5.91 Å². The Morgan fingerprint density at radius 3 is 2.57 bits per heavy atom. The van der Waals surface area contributed by atoms with Gasteiger partial charge in [-0.1, -0.05) is 0 Å². The SMILES string of the molecule is C[C@@H]1CN(CC2CCN(C(=O)Cc3ccsc3)CC2)C[C@H](C)O1. The van der Waals surface area contributed by atoms with Crippen molar-refractivity contribution in [3.63, 3.8) is 0 Å². The maximum absolute atomic E-state index is 12.4. The van der Waals surface area contributed by atoms with Gasteiger partial charge >= 0.3 is 0 Å². The average Bonchev–Trinajstić information content (AvgIpc) is 3.00. The number of carbonyl (C=O) groups is 1. The molecule has 2 aliphatic heterocycles. The Hall–Kier alpha value is -0.910. The van der Waals surface area contributed by atoms with Gasteiger partial charge in [0.1, 0.15) is 0 Å². The first-order chi connectivity index (χ1) is 11.1. The molecule has 0 bridgehead atoms. The number of hydrogen-bond acceptors (Lipinski definition) is 4. The number of amides is 1. The van der Waals surface area contributed by atoms with Gasteiger partial charge in [0.2, 0.25) is 5.91 Å². The number of morpholine rings is 1. The second-order valence-electron chi connectivity index (χ2n) is 7.11. The maximum atomic E-state index is 12.4. The van der Waals surface area contributed by atoms with Crippen LogP contribution in [0.25, 0.3) is 0 Å². The van der Waals surface area contributed by atoms with Crippen LogP contribution >= 0.6 is 11.3 Å². The highest BCUT2D eigenvalue weighted by Crippen LogP contribution is 2.21. The van der Waals surface area contributed by atoms with Gasteiger partial charge < -0.3 is 9.64 Å². The molecule has 0 aromatic carbocycles. The highest BCUT2D eigenvalue weighted by atomic mass is 32.1. The average molecular weight is 337 g/mol. The van der Waals surface area contributed by atoms with Crippen molar-refractivity contribution in [2.75, 3.05) is 32.7 Å². The lowest BCUT2D eigenvalue weighted by atomic mass is 9.95. The van der Waals surface area contributed by atoms with Crippen LogP contribution < -0.4 is 0 Å². The minimum Gasteiger partial charge on any atom is -0.373 e. The molecule has 2 saturated heterocycles. The van der Waals surface area contributed by atoms with Gasteiger partial charge in [0, 0.05) is 32.7 Å². The van der Waals surface area contributed by atoms with Crippen LogP contribution in [0.15, 0.2) is 16.8 Å². The van der Waals surface area contributed by atoms with Crippen molar-refractivity contribution < 1.29 is 9.53 Å². The fourth-order valence-corrected chi connectivity index (χ4v) is 4.51. The minimum atomic E-state index is 0.287. The number of ether oxygens (including phenoxy) is 1. The van der Waals surface area contributed by atoms with E-state index in [0.717, 1.165) is 57.0 Å². The van der Waals surface area contributed by atoms with E-state index in [1.807, 2.05) is 5.38 Å². The molecule has 0 spiro atoms. The molecule has 5 heteroatoms.